The van der Waals surface area contributed by atoms with Crippen LogP contribution in [0.1, 0.15) is 30.1 Å². The van der Waals surface area contributed by atoms with Crippen molar-refractivity contribution in [2.45, 2.75) is 19.8 Å². The Bertz CT molecular complexity index is 1480. The molecule has 0 unspecified atom stereocenters. The van der Waals surface area contributed by atoms with E-state index < -0.39 is 17.9 Å². The van der Waals surface area contributed by atoms with Gasteiger partial charge in [-0.2, -0.15) is 0 Å². The van der Waals surface area contributed by atoms with Crippen molar-refractivity contribution in [2.24, 2.45) is 0 Å². The van der Waals surface area contributed by atoms with Crippen LogP contribution in [0, 0.1) is 0 Å². The number of carbonyl (C=O) groups excluding carboxylic acids is 2. The maximum atomic E-state index is 12.5. The fraction of sp³-hybridized carbons (Fsp3) is 0.121. The molecule has 0 saturated carbocycles. The van der Waals surface area contributed by atoms with E-state index in [9.17, 15) is 14.4 Å². The van der Waals surface area contributed by atoms with Gasteiger partial charge in [-0.05, 0) is 84.1 Å². The summed E-state index contributed by atoms with van der Waals surface area (Å²) in [5, 5.41) is 8.70. The van der Waals surface area contributed by atoms with Crippen molar-refractivity contribution in [3.63, 3.8) is 0 Å². The molecule has 0 bridgehead atoms. The van der Waals surface area contributed by atoms with Crippen LogP contribution in [0.3, 0.4) is 0 Å². The van der Waals surface area contributed by atoms with E-state index in [0.29, 0.717) is 35.8 Å². The minimum absolute atomic E-state index is 0.0878. The summed E-state index contributed by atoms with van der Waals surface area (Å²) in [4.78, 5) is 34.7. The maximum absolute atomic E-state index is 12.5. The fourth-order valence-corrected chi connectivity index (χ4v) is 3.75. The Balaban J connectivity index is 1.32. The van der Waals surface area contributed by atoms with Crippen LogP contribution in [0.25, 0.3) is 22.3 Å². The van der Waals surface area contributed by atoms with Gasteiger partial charge >= 0.3 is 17.9 Å². The van der Waals surface area contributed by atoms with Crippen molar-refractivity contribution < 1.29 is 33.7 Å². The van der Waals surface area contributed by atoms with Gasteiger partial charge in [-0.3, -0.25) is 4.79 Å². The van der Waals surface area contributed by atoms with Gasteiger partial charge < -0.3 is 19.3 Å². The van der Waals surface area contributed by atoms with Gasteiger partial charge in [0.05, 0.1) is 12.2 Å². The summed E-state index contributed by atoms with van der Waals surface area (Å²) in [5.41, 5.74) is 4.68. The standard InChI is InChI=1S/C33H28O7/c1-22(2)32(36)39-29-19-13-27(14-20-29)33(37)40-30-17-11-26(12-18-30)24-7-5-23(6-8-24)25-9-15-28(16-10-25)38-21-3-4-31(34)35/h5-20H,1,3-4,21H2,2H3,(H,34,35). The Morgan fingerprint density at radius 3 is 1.55 bits per heavy atom. The van der Waals surface area contributed by atoms with Crippen LogP contribution in [-0.2, 0) is 9.59 Å². The first-order chi connectivity index (χ1) is 19.3. The molecule has 0 amide bonds. The number of aliphatic carboxylic acids is 1. The number of benzene rings is 4. The molecule has 0 aliphatic rings. The van der Waals surface area contributed by atoms with Gasteiger partial charge in [0.25, 0.3) is 0 Å². The maximum Gasteiger partial charge on any atom is 0.343 e. The molecule has 0 spiro atoms. The minimum Gasteiger partial charge on any atom is -0.494 e. The lowest BCUT2D eigenvalue weighted by Gasteiger charge is -2.09. The first-order valence-electron chi connectivity index (χ1n) is 12.6. The van der Waals surface area contributed by atoms with Gasteiger partial charge in [-0.15, -0.1) is 0 Å². The van der Waals surface area contributed by atoms with E-state index in [0.717, 1.165) is 22.3 Å². The first-order valence-corrected chi connectivity index (χ1v) is 12.6. The highest BCUT2D eigenvalue weighted by atomic mass is 16.5. The van der Waals surface area contributed by atoms with E-state index >= 15 is 0 Å². The molecule has 4 aromatic carbocycles. The lowest BCUT2D eigenvalue weighted by atomic mass is 10.0. The second-order valence-corrected chi connectivity index (χ2v) is 9.06. The number of hydrogen-bond donors (Lipinski definition) is 1. The number of hydrogen-bond acceptors (Lipinski definition) is 6. The highest BCUT2D eigenvalue weighted by Crippen LogP contribution is 2.28. The number of rotatable bonds is 11. The van der Waals surface area contributed by atoms with Crippen LogP contribution in [0.15, 0.2) is 109 Å². The van der Waals surface area contributed by atoms with Crippen molar-refractivity contribution in [2.75, 3.05) is 6.61 Å². The van der Waals surface area contributed by atoms with E-state index in [-0.39, 0.29) is 12.0 Å². The van der Waals surface area contributed by atoms with Crippen LogP contribution in [0.2, 0.25) is 0 Å². The van der Waals surface area contributed by atoms with Crippen LogP contribution in [-0.4, -0.2) is 29.6 Å². The Labute approximate surface area is 232 Å². The summed E-state index contributed by atoms with van der Waals surface area (Å²) in [5.74, 6) is -0.452. The predicted molar refractivity (Wildman–Crippen MR) is 152 cm³/mol. The number of esters is 2. The Hall–Kier alpha value is -5.17. The topological polar surface area (TPSA) is 99.1 Å². The highest BCUT2D eigenvalue weighted by Gasteiger charge is 2.11. The number of carboxylic acid groups (broad SMARTS) is 1. The molecule has 202 valence electrons. The smallest absolute Gasteiger partial charge is 0.343 e. The third-order valence-electron chi connectivity index (χ3n) is 5.92. The number of carbonyl (C=O) groups is 3. The molecule has 7 heteroatoms. The van der Waals surface area contributed by atoms with E-state index in [2.05, 4.69) is 6.58 Å². The third kappa shape index (κ3) is 7.68. The summed E-state index contributed by atoms with van der Waals surface area (Å²) in [7, 11) is 0. The highest BCUT2D eigenvalue weighted by molar-refractivity contribution is 5.92. The molecule has 7 nitrogen and oxygen atoms in total. The molecule has 0 radical (unpaired) electrons. The average molecular weight is 537 g/mol. The molecular formula is C33H28O7. The monoisotopic (exact) mass is 536 g/mol. The summed E-state index contributed by atoms with van der Waals surface area (Å²) >= 11 is 0. The second-order valence-electron chi connectivity index (χ2n) is 9.06. The van der Waals surface area contributed by atoms with Crippen molar-refractivity contribution in [1.82, 2.24) is 0 Å². The molecule has 0 heterocycles. The summed E-state index contributed by atoms with van der Waals surface area (Å²) in [6.07, 6.45) is 0.552. The molecule has 0 aliphatic carbocycles. The largest absolute Gasteiger partial charge is 0.494 e. The van der Waals surface area contributed by atoms with E-state index in [1.165, 1.54) is 24.3 Å². The minimum atomic E-state index is -0.828. The predicted octanol–water partition coefficient (Wildman–Crippen LogP) is 6.96. The molecule has 0 atom stereocenters. The molecule has 0 saturated heterocycles. The summed E-state index contributed by atoms with van der Waals surface area (Å²) in [6.45, 7) is 5.46. The fourth-order valence-electron chi connectivity index (χ4n) is 3.75. The Kier molecular flexibility index (Phi) is 9.10. The first kappa shape index (κ1) is 27.9. The van der Waals surface area contributed by atoms with Crippen LogP contribution in [0.5, 0.6) is 17.2 Å². The van der Waals surface area contributed by atoms with Crippen LogP contribution < -0.4 is 14.2 Å². The zero-order valence-electron chi connectivity index (χ0n) is 22.0. The molecule has 40 heavy (non-hydrogen) atoms. The zero-order chi connectivity index (χ0) is 28.5. The van der Waals surface area contributed by atoms with Gasteiger partial charge in [0, 0.05) is 12.0 Å². The molecule has 0 aliphatic heterocycles. The molecule has 4 aromatic rings. The molecular weight excluding hydrogens is 508 g/mol. The van der Waals surface area contributed by atoms with Gasteiger partial charge in [0.1, 0.15) is 17.2 Å². The zero-order valence-corrected chi connectivity index (χ0v) is 22.0. The van der Waals surface area contributed by atoms with Gasteiger partial charge in [0.15, 0.2) is 0 Å². The quantitative estimate of drug-likeness (QED) is 0.0957. The third-order valence-corrected chi connectivity index (χ3v) is 5.92. The molecule has 1 N–H and O–H groups in total. The Morgan fingerprint density at radius 2 is 1.07 bits per heavy atom. The normalized spacial score (nSPS) is 10.4. The van der Waals surface area contributed by atoms with Crippen LogP contribution >= 0.6 is 0 Å². The van der Waals surface area contributed by atoms with E-state index in [1.54, 1.807) is 19.1 Å². The van der Waals surface area contributed by atoms with Crippen molar-refractivity contribution in [1.29, 1.82) is 0 Å². The lowest BCUT2D eigenvalue weighted by molar-refractivity contribution is -0.137. The van der Waals surface area contributed by atoms with Crippen LogP contribution in [0.4, 0.5) is 0 Å². The second kappa shape index (κ2) is 13.1. The number of carboxylic acids is 1. The number of ether oxygens (including phenoxy) is 3. The van der Waals surface area contributed by atoms with Gasteiger partial charge in [-0.25, -0.2) is 9.59 Å². The van der Waals surface area contributed by atoms with E-state index in [4.69, 9.17) is 19.3 Å². The molecule has 4 rings (SSSR count). The van der Waals surface area contributed by atoms with Crippen molar-refractivity contribution in [3.8, 4) is 39.5 Å². The summed E-state index contributed by atoms with van der Waals surface area (Å²) < 4.78 is 16.2. The van der Waals surface area contributed by atoms with E-state index in [1.807, 2.05) is 60.7 Å². The SMILES string of the molecule is C=C(C)C(=O)Oc1ccc(C(=O)Oc2ccc(-c3ccc(-c4ccc(OCCCC(=O)O)cc4)cc3)cc2)cc1. The summed E-state index contributed by atoms with van der Waals surface area (Å²) in [6, 6.07) is 29.1. The molecule has 0 fully saturated rings. The lowest BCUT2D eigenvalue weighted by Crippen LogP contribution is -2.10. The molecule has 0 aromatic heterocycles. The Morgan fingerprint density at radius 1 is 0.650 bits per heavy atom. The van der Waals surface area contributed by atoms with Gasteiger partial charge in [-0.1, -0.05) is 55.1 Å². The average Bonchev–Trinajstić information content (AvgIpc) is 2.96. The van der Waals surface area contributed by atoms with Crippen molar-refractivity contribution in [3.05, 3.63) is 115 Å². The van der Waals surface area contributed by atoms with Crippen molar-refractivity contribution >= 4 is 17.9 Å². The van der Waals surface area contributed by atoms with Gasteiger partial charge in [0.2, 0.25) is 0 Å².